The molecule has 2 aromatic heterocycles. The number of aromatic amines is 1. The van der Waals surface area contributed by atoms with Gasteiger partial charge < -0.3 is 15.6 Å². The zero-order valence-electron chi connectivity index (χ0n) is 15.5. The minimum absolute atomic E-state index is 0.185. The van der Waals surface area contributed by atoms with Crippen LogP contribution in [0.15, 0.2) is 36.5 Å². The monoisotopic (exact) mass is 406 g/mol. The molecule has 29 heavy (non-hydrogen) atoms. The van der Waals surface area contributed by atoms with E-state index in [0.29, 0.717) is 24.1 Å². The summed E-state index contributed by atoms with van der Waals surface area (Å²) in [5.74, 6) is -0.765. The first-order valence-corrected chi connectivity index (χ1v) is 9.09. The Kier molecular flexibility index (Phi) is 4.48. The fourth-order valence-corrected chi connectivity index (χ4v) is 3.63. The van der Waals surface area contributed by atoms with Crippen molar-refractivity contribution >= 4 is 22.6 Å². The highest BCUT2D eigenvalue weighted by atomic mass is 19.4. The lowest BCUT2D eigenvalue weighted by molar-refractivity contribution is -0.137. The number of aromatic nitrogens is 2. The Morgan fingerprint density at radius 3 is 2.45 bits per heavy atom. The molecule has 1 fully saturated rings. The highest BCUT2D eigenvalue weighted by Crippen LogP contribution is 2.43. The fraction of sp³-hybridized carbons (Fsp3) is 0.300. The summed E-state index contributed by atoms with van der Waals surface area (Å²) < 4.78 is 54.3. The number of alkyl halides is 3. The molecule has 5 nitrogen and oxygen atoms in total. The summed E-state index contributed by atoms with van der Waals surface area (Å²) in [6.45, 7) is 0. The van der Waals surface area contributed by atoms with Gasteiger partial charge in [-0.3, -0.25) is 4.79 Å². The van der Waals surface area contributed by atoms with E-state index in [0.717, 1.165) is 12.6 Å². The highest BCUT2D eigenvalue weighted by Gasteiger charge is 2.46. The van der Waals surface area contributed by atoms with E-state index < -0.39 is 23.1 Å². The third kappa shape index (κ3) is 3.30. The molecule has 0 unspecified atom stereocenters. The smallest absolute Gasteiger partial charge is 0.370 e. The number of benzene rings is 1. The van der Waals surface area contributed by atoms with Gasteiger partial charge in [0.25, 0.3) is 0 Å². The molecule has 3 aromatic rings. The van der Waals surface area contributed by atoms with Crippen molar-refractivity contribution < 1.29 is 22.4 Å². The zero-order chi connectivity index (χ0) is 20.8. The van der Waals surface area contributed by atoms with Gasteiger partial charge in [-0.1, -0.05) is 0 Å². The number of hydrogen-bond donors (Lipinski definition) is 3. The van der Waals surface area contributed by atoms with Crippen molar-refractivity contribution in [3.05, 3.63) is 47.9 Å². The molecule has 1 aromatic carbocycles. The van der Waals surface area contributed by atoms with Crippen molar-refractivity contribution in [1.82, 2.24) is 15.3 Å². The van der Waals surface area contributed by atoms with Gasteiger partial charge in [-0.05, 0) is 55.2 Å². The SMILES string of the molecule is CNC(=O)C1(Nc2c(C(F)(F)F)cnc3[nH]c(-c4ccc(F)cc4)cc23)CCC1. The number of anilines is 1. The number of pyridine rings is 1. The van der Waals surface area contributed by atoms with E-state index in [2.05, 4.69) is 20.6 Å². The predicted molar refractivity (Wildman–Crippen MR) is 101 cm³/mol. The Morgan fingerprint density at radius 2 is 1.90 bits per heavy atom. The highest BCUT2D eigenvalue weighted by molar-refractivity contribution is 5.98. The van der Waals surface area contributed by atoms with Crippen molar-refractivity contribution in [2.24, 2.45) is 0 Å². The number of hydrogen-bond acceptors (Lipinski definition) is 3. The Bertz CT molecular complexity index is 1070. The second kappa shape index (κ2) is 6.75. The standard InChI is InChI=1S/C20H18F4N4O/c1-25-18(29)19(7-2-8-19)28-16-13-9-15(11-3-5-12(21)6-4-11)27-17(13)26-10-14(16)20(22,23)24/h3-6,9-10H,2,7-8H2,1H3,(H,25,29)(H2,26,27,28). The number of carbonyl (C=O) groups excluding carboxylic acids is 1. The minimum atomic E-state index is -4.65. The molecule has 152 valence electrons. The van der Waals surface area contributed by atoms with Gasteiger partial charge >= 0.3 is 6.18 Å². The number of nitrogens with one attached hydrogen (secondary N) is 3. The average molecular weight is 406 g/mol. The zero-order valence-corrected chi connectivity index (χ0v) is 15.5. The molecule has 1 aliphatic rings. The van der Waals surface area contributed by atoms with Crippen LogP contribution in [0, 0.1) is 5.82 Å². The number of rotatable bonds is 4. The van der Waals surface area contributed by atoms with Gasteiger partial charge in [0.15, 0.2) is 0 Å². The van der Waals surface area contributed by atoms with Gasteiger partial charge in [0.2, 0.25) is 5.91 Å². The fourth-order valence-electron chi connectivity index (χ4n) is 3.63. The Hall–Kier alpha value is -3.10. The number of fused-ring (bicyclic) bond motifs is 1. The second-order valence-electron chi connectivity index (χ2n) is 7.14. The molecular weight excluding hydrogens is 388 g/mol. The van der Waals surface area contributed by atoms with E-state index >= 15 is 0 Å². The summed E-state index contributed by atoms with van der Waals surface area (Å²) in [7, 11) is 1.46. The molecule has 0 radical (unpaired) electrons. The van der Waals surface area contributed by atoms with E-state index in [1.807, 2.05) is 0 Å². The van der Waals surface area contributed by atoms with E-state index in [1.165, 1.54) is 37.4 Å². The molecule has 1 saturated carbocycles. The third-order valence-electron chi connectivity index (χ3n) is 5.35. The van der Waals surface area contributed by atoms with Crippen LogP contribution in [0.1, 0.15) is 24.8 Å². The van der Waals surface area contributed by atoms with Crippen LogP contribution in [0.25, 0.3) is 22.3 Å². The van der Waals surface area contributed by atoms with Gasteiger partial charge in [-0.25, -0.2) is 9.37 Å². The van der Waals surface area contributed by atoms with Gasteiger partial charge in [-0.2, -0.15) is 13.2 Å². The number of amides is 1. The number of carbonyl (C=O) groups is 1. The molecule has 1 aliphatic carbocycles. The molecule has 9 heteroatoms. The molecule has 3 N–H and O–H groups in total. The topological polar surface area (TPSA) is 69.8 Å². The molecule has 0 bridgehead atoms. The van der Waals surface area contributed by atoms with Crippen molar-refractivity contribution in [3.63, 3.8) is 0 Å². The van der Waals surface area contributed by atoms with Crippen molar-refractivity contribution in [2.75, 3.05) is 12.4 Å². The lowest BCUT2D eigenvalue weighted by atomic mass is 9.75. The Labute approximate surface area is 163 Å². The van der Waals surface area contributed by atoms with Crippen LogP contribution in [-0.4, -0.2) is 28.5 Å². The summed E-state index contributed by atoms with van der Waals surface area (Å²) in [6.07, 6.45) is -2.29. The van der Waals surface area contributed by atoms with Gasteiger partial charge in [-0.15, -0.1) is 0 Å². The number of nitrogens with zero attached hydrogens (tertiary/aromatic N) is 1. The summed E-state index contributed by atoms with van der Waals surface area (Å²) in [5, 5.41) is 5.63. The average Bonchev–Trinajstić information content (AvgIpc) is 3.08. The second-order valence-corrected chi connectivity index (χ2v) is 7.14. The maximum absolute atomic E-state index is 13.7. The maximum atomic E-state index is 13.7. The van der Waals surface area contributed by atoms with Crippen molar-refractivity contribution in [3.8, 4) is 11.3 Å². The predicted octanol–water partition coefficient (Wildman–Crippen LogP) is 4.47. The maximum Gasteiger partial charge on any atom is 0.419 e. The Morgan fingerprint density at radius 1 is 1.21 bits per heavy atom. The Balaban J connectivity index is 1.87. The largest absolute Gasteiger partial charge is 0.419 e. The summed E-state index contributed by atoms with van der Waals surface area (Å²) in [4.78, 5) is 19.3. The van der Waals surface area contributed by atoms with Crippen LogP contribution in [0.5, 0.6) is 0 Å². The number of H-pyrrole nitrogens is 1. The first-order chi connectivity index (χ1) is 13.7. The van der Waals surface area contributed by atoms with Crippen LogP contribution in [0.4, 0.5) is 23.2 Å². The van der Waals surface area contributed by atoms with Crippen molar-refractivity contribution in [2.45, 2.75) is 31.0 Å². The van der Waals surface area contributed by atoms with E-state index in [-0.39, 0.29) is 22.6 Å². The van der Waals surface area contributed by atoms with Gasteiger partial charge in [0.05, 0.1) is 11.3 Å². The van der Waals surface area contributed by atoms with Crippen LogP contribution >= 0.6 is 0 Å². The van der Waals surface area contributed by atoms with Crippen LogP contribution in [0.3, 0.4) is 0 Å². The van der Waals surface area contributed by atoms with Crippen LogP contribution < -0.4 is 10.6 Å². The molecule has 0 spiro atoms. The van der Waals surface area contributed by atoms with E-state index in [4.69, 9.17) is 0 Å². The molecule has 4 rings (SSSR count). The normalized spacial score (nSPS) is 15.8. The molecule has 2 heterocycles. The minimum Gasteiger partial charge on any atom is -0.370 e. The molecule has 1 amide bonds. The summed E-state index contributed by atoms with van der Waals surface area (Å²) in [6, 6.07) is 7.11. The molecule has 0 atom stereocenters. The number of halogens is 4. The molecular formula is C20H18F4N4O. The quantitative estimate of drug-likeness (QED) is 0.560. The lowest BCUT2D eigenvalue weighted by Crippen LogP contribution is -2.56. The third-order valence-corrected chi connectivity index (χ3v) is 5.35. The summed E-state index contributed by atoms with van der Waals surface area (Å²) in [5.41, 5.74) is -0.867. The van der Waals surface area contributed by atoms with E-state index in [9.17, 15) is 22.4 Å². The first kappa shape index (κ1) is 19.2. The van der Waals surface area contributed by atoms with Crippen LogP contribution in [0.2, 0.25) is 0 Å². The molecule has 0 aliphatic heterocycles. The first-order valence-electron chi connectivity index (χ1n) is 9.09. The van der Waals surface area contributed by atoms with E-state index in [1.54, 1.807) is 0 Å². The lowest BCUT2D eigenvalue weighted by Gasteiger charge is -2.41. The number of likely N-dealkylation sites (N-methyl/N-ethyl adjacent to an activating group) is 1. The van der Waals surface area contributed by atoms with Gasteiger partial charge in [0.1, 0.15) is 17.0 Å². The summed E-state index contributed by atoms with van der Waals surface area (Å²) >= 11 is 0. The van der Waals surface area contributed by atoms with Crippen molar-refractivity contribution in [1.29, 1.82) is 0 Å². The molecule has 0 saturated heterocycles. The van der Waals surface area contributed by atoms with Crippen LogP contribution in [-0.2, 0) is 11.0 Å². The van der Waals surface area contributed by atoms with Gasteiger partial charge in [0, 0.05) is 24.3 Å².